The summed E-state index contributed by atoms with van der Waals surface area (Å²) in [6, 6.07) is 7.68. The Kier molecular flexibility index (Phi) is 6.09. The van der Waals surface area contributed by atoms with Gasteiger partial charge in [-0.25, -0.2) is 0 Å². The molecular weight excluding hydrogens is 314 g/mol. The van der Waals surface area contributed by atoms with Crippen LogP contribution in [0.1, 0.15) is 44.9 Å². The highest BCUT2D eigenvalue weighted by atomic mass is 16.2. The summed E-state index contributed by atoms with van der Waals surface area (Å²) >= 11 is 0. The molecule has 1 heterocycles. The second kappa shape index (κ2) is 8.70. The molecule has 0 saturated carbocycles. The molecule has 1 aliphatic heterocycles. The molecule has 0 radical (unpaired) electrons. The maximum absolute atomic E-state index is 12.1. The van der Waals surface area contributed by atoms with Crippen molar-refractivity contribution in [2.24, 2.45) is 0 Å². The zero-order chi connectivity index (χ0) is 17.5. The van der Waals surface area contributed by atoms with Gasteiger partial charge >= 0.3 is 0 Å². The van der Waals surface area contributed by atoms with E-state index in [2.05, 4.69) is 16.7 Å². The van der Waals surface area contributed by atoms with Crippen LogP contribution >= 0.6 is 0 Å². The second-order valence-corrected chi connectivity index (χ2v) is 6.73. The molecule has 0 atom stereocenters. The van der Waals surface area contributed by atoms with Crippen LogP contribution in [0.2, 0.25) is 0 Å². The summed E-state index contributed by atoms with van der Waals surface area (Å²) in [5, 5.41) is 6.15. The fraction of sp³-hybridized carbons (Fsp3) is 0.500. The van der Waals surface area contributed by atoms with E-state index < -0.39 is 0 Å². The normalized spacial score (nSPS) is 17.4. The molecule has 134 valence electrons. The monoisotopic (exact) mass is 341 g/mol. The van der Waals surface area contributed by atoms with Crippen molar-refractivity contribution < 1.29 is 9.59 Å². The third-order valence-electron chi connectivity index (χ3n) is 4.86. The molecule has 2 amide bonds. The van der Waals surface area contributed by atoms with Crippen LogP contribution in [-0.4, -0.2) is 31.4 Å². The van der Waals surface area contributed by atoms with E-state index in [-0.39, 0.29) is 18.4 Å². The van der Waals surface area contributed by atoms with Crippen LogP contribution in [0.15, 0.2) is 35.9 Å². The van der Waals surface area contributed by atoms with E-state index in [1.165, 1.54) is 31.3 Å². The molecule has 0 spiro atoms. The molecule has 0 aromatic heterocycles. The maximum Gasteiger partial charge on any atom is 0.239 e. The highest BCUT2D eigenvalue weighted by molar-refractivity contribution is 5.98. The number of anilines is 2. The Labute approximate surface area is 149 Å². The largest absolute Gasteiger partial charge is 0.374 e. The van der Waals surface area contributed by atoms with Gasteiger partial charge in [0.15, 0.2) is 0 Å². The van der Waals surface area contributed by atoms with E-state index >= 15 is 0 Å². The fourth-order valence-corrected chi connectivity index (χ4v) is 3.49. The predicted octanol–water partition coefficient (Wildman–Crippen LogP) is 3.23. The van der Waals surface area contributed by atoms with Crippen LogP contribution in [-0.2, 0) is 9.59 Å². The average molecular weight is 341 g/mol. The third kappa shape index (κ3) is 4.84. The summed E-state index contributed by atoms with van der Waals surface area (Å²) in [7, 11) is 0. The van der Waals surface area contributed by atoms with Crippen molar-refractivity contribution in [1.29, 1.82) is 0 Å². The molecule has 0 bridgehead atoms. The van der Waals surface area contributed by atoms with Crippen molar-refractivity contribution in [1.82, 2.24) is 5.32 Å². The summed E-state index contributed by atoms with van der Waals surface area (Å²) < 4.78 is 0. The minimum atomic E-state index is -0.0149. The summed E-state index contributed by atoms with van der Waals surface area (Å²) in [5.41, 5.74) is 3.17. The van der Waals surface area contributed by atoms with Crippen molar-refractivity contribution in [3.63, 3.8) is 0 Å². The zero-order valence-corrected chi connectivity index (χ0v) is 14.7. The number of nitrogens with one attached hydrogen (secondary N) is 2. The minimum Gasteiger partial charge on any atom is -0.374 e. The highest BCUT2D eigenvalue weighted by Gasteiger charge is 2.23. The van der Waals surface area contributed by atoms with E-state index in [0.717, 1.165) is 30.8 Å². The lowest BCUT2D eigenvalue weighted by Crippen LogP contribution is -2.31. The SMILES string of the molecule is O=C(CNc1ccccc1N1CCCC1=O)NCCC1=CCCCC1. The Morgan fingerprint density at radius 2 is 2.00 bits per heavy atom. The van der Waals surface area contributed by atoms with Crippen molar-refractivity contribution in [3.05, 3.63) is 35.9 Å². The number of carbonyl (C=O) groups is 2. The molecule has 0 unspecified atom stereocenters. The van der Waals surface area contributed by atoms with Gasteiger partial charge in [0.25, 0.3) is 0 Å². The van der Waals surface area contributed by atoms with Gasteiger partial charge in [-0.3, -0.25) is 9.59 Å². The number of para-hydroxylation sites is 2. The molecule has 1 aliphatic carbocycles. The maximum atomic E-state index is 12.1. The van der Waals surface area contributed by atoms with Gasteiger partial charge in [0.2, 0.25) is 11.8 Å². The first-order chi connectivity index (χ1) is 12.2. The van der Waals surface area contributed by atoms with Crippen LogP contribution in [0.3, 0.4) is 0 Å². The second-order valence-electron chi connectivity index (χ2n) is 6.73. The topological polar surface area (TPSA) is 61.4 Å². The first-order valence-corrected chi connectivity index (χ1v) is 9.32. The van der Waals surface area contributed by atoms with Crippen LogP contribution in [0.5, 0.6) is 0 Å². The summed E-state index contributed by atoms with van der Waals surface area (Å²) in [6.07, 6.45) is 9.67. The van der Waals surface area contributed by atoms with Gasteiger partial charge in [-0.2, -0.15) is 0 Å². The minimum absolute atomic E-state index is 0.0149. The third-order valence-corrected chi connectivity index (χ3v) is 4.86. The number of nitrogens with zero attached hydrogens (tertiary/aromatic N) is 1. The molecule has 25 heavy (non-hydrogen) atoms. The molecule has 2 aliphatic rings. The smallest absolute Gasteiger partial charge is 0.239 e. The van der Waals surface area contributed by atoms with Gasteiger partial charge in [0.05, 0.1) is 17.9 Å². The number of carbonyl (C=O) groups excluding carboxylic acids is 2. The molecule has 5 nitrogen and oxygen atoms in total. The van der Waals surface area contributed by atoms with E-state index in [0.29, 0.717) is 13.0 Å². The van der Waals surface area contributed by atoms with E-state index in [1.807, 2.05) is 24.3 Å². The predicted molar refractivity (Wildman–Crippen MR) is 101 cm³/mol. The molecular formula is C20H27N3O2. The van der Waals surface area contributed by atoms with E-state index in [4.69, 9.17) is 0 Å². The van der Waals surface area contributed by atoms with Crippen LogP contribution < -0.4 is 15.5 Å². The van der Waals surface area contributed by atoms with Crippen molar-refractivity contribution >= 4 is 23.2 Å². The van der Waals surface area contributed by atoms with Crippen LogP contribution in [0.25, 0.3) is 0 Å². The lowest BCUT2D eigenvalue weighted by Gasteiger charge is -2.20. The lowest BCUT2D eigenvalue weighted by atomic mass is 9.97. The lowest BCUT2D eigenvalue weighted by molar-refractivity contribution is -0.119. The molecule has 1 saturated heterocycles. The van der Waals surface area contributed by atoms with Gasteiger partial charge in [0.1, 0.15) is 0 Å². The summed E-state index contributed by atoms with van der Waals surface area (Å²) in [5.74, 6) is 0.137. The molecule has 3 rings (SSSR count). The number of amides is 2. The molecule has 1 aromatic carbocycles. The Morgan fingerprint density at radius 3 is 2.76 bits per heavy atom. The van der Waals surface area contributed by atoms with Crippen LogP contribution in [0.4, 0.5) is 11.4 Å². The van der Waals surface area contributed by atoms with Crippen molar-refractivity contribution in [2.75, 3.05) is 29.9 Å². The zero-order valence-electron chi connectivity index (χ0n) is 14.7. The van der Waals surface area contributed by atoms with E-state index in [9.17, 15) is 9.59 Å². The molecule has 1 fully saturated rings. The number of allylic oxidation sites excluding steroid dienone is 1. The van der Waals surface area contributed by atoms with Crippen LogP contribution in [0, 0.1) is 0 Å². The summed E-state index contributed by atoms with van der Waals surface area (Å²) in [4.78, 5) is 25.9. The highest BCUT2D eigenvalue weighted by Crippen LogP contribution is 2.29. The van der Waals surface area contributed by atoms with Gasteiger partial charge < -0.3 is 15.5 Å². The quantitative estimate of drug-likeness (QED) is 0.749. The standard InChI is InChI=1S/C20H27N3O2/c24-19(21-13-12-16-7-2-1-3-8-16)15-22-17-9-4-5-10-18(17)23-14-6-11-20(23)25/h4-5,7,9-10,22H,1-3,6,8,11-15H2,(H,21,24). The Hall–Kier alpha value is -2.30. The molecule has 2 N–H and O–H groups in total. The number of hydrogen-bond donors (Lipinski definition) is 2. The van der Waals surface area contributed by atoms with Crippen molar-refractivity contribution in [3.8, 4) is 0 Å². The first kappa shape index (κ1) is 17.5. The molecule has 5 heteroatoms. The number of hydrogen-bond acceptors (Lipinski definition) is 3. The van der Waals surface area contributed by atoms with Gasteiger partial charge in [-0.05, 0) is 50.7 Å². The van der Waals surface area contributed by atoms with Gasteiger partial charge in [-0.1, -0.05) is 23.8 Å². The molecule has 1 aromatic rings. The van der Waals surface area contributed by atoms with Gasteiger partial charge in [0, 0.05) is 19.5 Å². The van der Waals surface area contributed by atoms with E-state index in [1.54, 1.807) is 4.90 Å². The van der Waals surface area contributed by atoms with Crippen molar-refractivity contribution in [2.45, 2.75) is 44.9 Å². The first-order valence-electron chi connectivity index (χ1n) is 9.32. The Balaban J connectivity index is 1.47. The average Bonchev–Trinajstić information content (AvgIpc) is 3.07. The number of rotatable bonds is 7. The Morgan fingerprint density at radius 1 is 1.12 bits per heavy atom. The summed E-state index contributed by atoms with van der Waals surface area (Å²) in [6.45, 7) is 1.66. The Bertz CT molecular complexity index is 654. The van der Waals surface area contributed by atoms with Gasteiger partial charge in [-0.15, -0.1) is 0 Å². The fourth-order valence-electron chi connectivity index (χ4n) is 3.49. The number of benzene rings is 1.